The lowest BCUT2D eigenvalue weighted by molar-refractivity contribution is -0.162. The fraction of sp³-hybridized carbons (Fsp3) is 0.960. The third kappa shape index (κ3) is 40.6. The first kappa shape index (κ1) is 52.9. The van der Waals surface area contributed by atoms with Crippen molar-refractivity contribution in [2.24, 2.45) is 17.8 Å². The normalized spacial score (nSPS) is 11.7. The van der Waals surface area contributed by atoms with Crippen LogP contribution in [0.15, 0.2) is 0 Å². The summed E-state index contributed by atoms with van der Waals surface area (Å²) in [6, 6.07) is 0. The van der Waals surface area contributed by atoms with Gasteiger partial charge in [-0.3, -0.25) is 9.59 Å². The first-order valence-corrected chi connectivity index (χ1v) is 24.7. The maximum atomic E-state index is 13.1. The van der Waals surface area contributed by atoms with Crippen molar-refractivity contribution >= 4 is 11.9 Å². The molecule has 0 aliphatic carbocycles. The molecule has 4 nitrogen and oxygen atoms in total. The van der Waals surface area contributed by atoms with Crippen LogP contribution in [0.2, 0.25) is 0 Å². The lowest BCUT2D eigenvalue weighted by atomic mass is 10.00. The smallest absolute Gasteiger partial charge is 0.320 e. The quantitative estimate of drug-likeness (QED) is 0.0352. The summed E-state index contributed by atoms with van der Waals surface area (Å²) in [4.78, 5) is 26.1. The second kappa shape index (κ2) is 43.1. The molecule has 0 saturated heterocycles. The van der Waals surface area contributed by atoms with Crippen LogP contribution < -0.4 is 0 Å². The zero-order chi connectivity index (χ0) is 39.6. The SMILES string of the molecule is CCCCCCCCCCCC(C(=O)OCCCCCCCCCCCCCCCC(C)C)C(=O)OCCCCCCCCCCCCCCCC(C)C. The van der Waals surface area contributed by atoms with Gasteiger partial charge < -0.3 is 9.47 Å². The average Bonchev–Trinajstić information content (AvgIpc) is 3.14. The third-order valence-electron chi connectivity index (χ3n) is 11.5. The largest absolute Gasteiger partial charge is 0.465 e. The zero-order valence-corrected chi connectivity index (χ0v) is 37.6. The van der Waals surface area contributed by atoms with Crippen LogP contribution >= 0.6 is 0 Å². The Balaban J connectivity index is 4.10. The van der Waals surface area contributed by atoms with Crippen LogP contribution in [0.1, 0.15) is 279 Å². The van der Waals surface area contributed by atoms with Crippen LogP contribution in [0.25, 0.3) is 0 Å². The number of hydrogen-bond donors (Lipinski definition) is 0. The number of esters is 2. The van der Waals surface area contributed by atoms with Gasteiger partial charge >= 0.3 is 11.9 Å². The Morgan fingerprint density at radius 2 is 0.537 bits per heavy atom. The number of rotatable bonds is 44. The lowest BCUT2D eigenvalue weighted by Gasteiger charge is -2.15. The van der Waals surface area contributed by atoms with Crippen molar-refractivity contribution in [2.75, 3.05) is 13.2 Å². The molecule has 0 radical (unpaired) electrons. The van der Waals surface area contributed by atoms with E-state index < -0.39 is 5.92 Å². The average molecular weight is 763 g/mol. The highest BCUT2D eigenvalue weighted by molar-refractivity contribution is 5.94. The van der Waals surface area contributed by atoms with Crippen molar-refractivity contribution in [3.05, 3.63) is 0 Å². The number of hydrogen-bond acceptors (Lipinski definition) is 4. The molecule has 0 aromatic rings. The van der Waals surface area contributed by atoms with Gasteiger partial charge in [-0.25, -0.2) is 0 Å². The minimum atomic E-state index is -0.755. The van der Waals surface area contributed by atoms with E-state index in [4.69, 9.17) is 9.47 Å². The Morgan fingerprint density at radius 3 is 0.796 bits per heavy atom. The van der Waals surface area contributed by atoms with Crippen LogP contribution in [-0.2, 0) is 19.1 Å². The highest BCUT2D eigenvalue weighted by atomic mass is 16.6. The van der Waals surface area contributed by atoms with Gasteiger partial charge in [-0.2, -0.15) is 0 Å². The monoisotopic (exact) mass is 763 g/mol. The number of carbonyl (C=O) groups is 2. The zero-order valence-electron chi connectivity index (χ0n) is 37.6. The summed E-state index contributed by atoms with van der Waals surface area (Å²) in [6.07, 6.45) is 48.2. The Hall–Kier alpha value is -1.06. The Kier molecular flexibility index (Phi) is 42.2. The van der Waals surface area contributed by atoms with E-state index in [1.165, 1.54) is 199 Å². The predicted molar refractivity (Wildman–Crippen MR) is 236 cm³/mol. The molecule has 0 unspecified atom stereocenters. The predicted octanol–water partition coefficient (Wildman–Crippen LogP) is 16.8. The van der Waals surface area contributed by atoms with Gasteiger partial charge in [0.25, 0.3) is 0 Å². The first-order valence-electron chi connectivity index (χ1n) is 24.7. The Labute approximate surface area is 339 Å². The van der Waals surface area contributed by atoms with Crippen molar-refractivity contribution in [2.45, 2.75) is 279 Å². The Morgan fingerprint density at radius 1 is 0.315 bits per heavy atom. The molecule has 0 spiro atoms. The summed E-state index contributed by atoms with van der Waals surface area (Å²) in [5.74, 6) is 0.237. The van der Waals surface area contributed by atoms with Gasteiger partial charge in [0.2, 0.25) is 0 Å². The molecule has 0 N–H and O–H groups in total. The summed E-state index contributed by atoms with van der Waals surface area (Å²) in [5.41, 5.74) is 0. The van der Waals surface area contributed by atoms with Gasteiger partial charge in [0.1, 0.15) is 0 Å². The van der Waals surface area contributed by atoms with Crippen LogP contribution in [0.3, 0.4) is 0 Å². The van der Waals surface area contributed by atoms with Gasteiger partial charge in [0.15, 0.2) is 5.92 Å². The van der Waals surface area contributed by atoms with Gasteiger partial charge in [-0.1, -0.05) is 259 Å². The van der Waals surface area contributed by atoms with E-state index in [-0.39, 0.29) is 11.9 Å². The number of ether oxygens (including phenoxy) is 2. The molecule has 0 saturated carbocycles. The summed E-state index contributed by atoms with van der Waals surface area (Å²) in [7, 11) is 0. The van der Waals surface area contributed by atoms with Crippen molar-refractivity contribution in [3.63, 3.8) is 0 Å². The third-order valence-corrected chi connectivity index (χ3v) is 11.5. The number of carbonyl (C=O) groups excluding carboxylic acids is 2. The van der Waals surface area contributed by atoms with Gasteiger partial charge in [0.05, 0.1) is 13.2 Å². The lowest BCUT2D eigenvalue weighted by Crippen LogP contribution is -2.28. The molecule has 0 fully saturated rings. The summed E-state index contributed by atoms with van der Waals surface area (Å²) in [5, 5.41) is 0. The van der Waals surface area contributed by atoms with Gasteiger partial charge in [-0.05, 0) is 31.1 Å². The van der Waals surface area contributed by atoms with Crippen LogP contribution in [0, 0.1) is 17.8 Å². The van der Waals surface area contributed by atoms with E-state index in [1.807, 2.05) is 0 Å². The fourth-order valence-corrected chi connectivity index (χ4v) is 7.74. The standard InChI is InChI=1S/C50H98O4/c1-6-7-8-9-10-21-28-33-38-43-48(49(51)53-44-39-34-29-24-19-15-11-13-17-22-26-31-36-41-46(2)3)50(52)54-45-40-35-30-25-20-16-12-14-18-23-27-32-37-42-47(4)5/h46-48H,6-45H2,1-5H3. The molecule has 322 valence electrons. The van der Waals surface area contributed by atoms with E-state index in [0.29, 0.717) is 19.6 Å². The molecule has 54 heavy (non-hydrogen) atoms. The molecular formula is C50H98O4. The van der Waals surface area contributed by atoms with Crippen LogP contribution in [0.5, 0.6) is 0 Å². The highest BCUT2D eigenvalue weighted by Crippen LogP contribution is 2.19. The topological polar surface area (TPSA) is 52.6 Å². The second-order valence-corrected chi connectivity index (χ2v) is 18.1. The minimum absolute atomic E-state index is 0.356. The van der Waals surface area contributed by atoms with E-state index in [9.17, 15) is 9.59 Å². The van der Waals surface area contributed by atoms with E-state index in [2.05, 4.69) is 34.6 Å². The maximum Gasteiger partial charge on any atom is 0.320 e. The maximum absolute atomic E-state index is 13.1. The summed E-state index contributed by atoms with van der Waals surface area (Å²) >= 11 is 0. The molecule has 0 aromatic carbocycles. The molecule has 0 aliphatic heterocycles. The van der Waals surface area contributed by atoms with Crippen molar-refractivity contribution < 1.29 is 19.1 Å². The molecule has 0 rings (SSSR count). The molecule has 0 heterocycles. The second-order valence-electron chi connectivity index (χ2n) is 18.1. The molecule has 4 heteroatoms. The first-order chi connectivity index (χ1) is 26.4. The summed E-state index contributed by atoms with van der Waals surface area (Å²) < 4.78 is 11.3. The molecule has 0 atom stereocenters. The van der Waals surface area contributed by atoms with E-state index in [1.54, 1.807) is 0 Å². The van der Waals surface area contributed by atoms with E-state index in [0.717, 1.165) is 50.4 Å². The molecular weight excluding hydrogens is 665 g/mol. The Bertz CT molecular complexity index is 710. The number of unbranched alkanes of at least 4 members (excludes halogenated alkanes) is 32. The van der Waals surface area contributed by atoms with Crippen molar-refractivity contribution in [1.82, 2.24) is 0 Å². The van der Waals surface area contributed by atoms with Crippen LogP contribution in [-0.4, -0.2) is 25.2 Å². The van der Waals surface area contributed by atoms with Crippen molar-refractivity contribution in [3.8, 4) is 0 Å². The van der Waals surface area contributed by atoms with Crippen molar-refractivity contribution in [1.29, 1.82) is 0 Å². The summed E-state index contributed by atoms with van der Waals surface area (Å²) in [6.45, 7) is 12.4. The highest BCUT2D eigenvalue weighted by Gasteiger charge is 2.29. The van der Waals surface area contributed by atoms with Gasteiger partial charge in [-0.15, -0.1) is 0 Å². The van der Waals surface area contributed by atoms with Gasteiger partial charge in [0, 0.05) is 0 Å². The minimum Gasteiger partial charge on any atom is -0.465 e. The molecule has 0 aliphatic rings. The molecule has 0 aromatic heterocycles. The van der Waals surface area contributed by atoms with Crippen LogP contribution in [0.4, 0.5) is 0 Å². The molecule has 0 amide bonds. The van der Waals surface area contributed by atoms with E-state index >= 15 is 0 Å². The molecule has 0 bridgehead atoms. The fourth-order valence-electron chi connectivity index (χ4n) is 7.74.